The summed E-state index contributed by atoms with van der Waals surface area (Å²) in [7, 11) is 1.72. The topological polar surface area (TPSA) is 32.8 Å². The number of carbonyl (C=O) groups excluding carboxylic acids is 1. The molecular formula is C17H25ClN2O2. The van der Waals surface area contributed by atoms with Crippen LogP contribution in [0.25, 0.3) is 0 Å². The van der Waals surface area contributed by atoms with E-state index >= 15 is 0 Å². The van der Waals surface area contributed by atoms with E-state index in [9.17, 15) is 4.79 Å². The quantitative estimate of drug-likeness (QED) is 0.834. The van der Waals surface area contributed by atoms with Gasteiger partial charge >= 0.3 is 0 Å². The van der Waals surface area contributed by atoms with Gasteiger partial charge in [0.2, 0.25) is 5.91 Å². The van der Waals surface area contributed by atoms with Crippen LogP contribution in [0, 0.1) is 0 Å². The molecule has 0 saturated carbocycles. The van der Waals surface area contributed by atoms with Crippen LogP contribution in [-0.4, -0.2) is 61.1 Å². The van der Waals surface area contributed by atoms with Crippen LogP contribution < -0.4 is 0 Å². The maximum absolute atomic E-state index is 12.5. The molecule has 0 bridgehead atoms. The van der Waals surface area contributed by atoms with E-state index in [2.05, 4.69) is 18.7 Å². The molecule has 0 aliphatic carbocycles. The van der Waals surface area contributed by atoms with Gasteiger partial charge in [0.05, 0.1) is 13.0 Å². The molecule has 2 atom stereocenters. The Labute approximate surface area is 138 Å². The second-order valence-corrected chi connectivity index (χ2v) is 6.47. The summed E-state index contributed by atoms with van der Waals surface area (Å²) in [5, 5.41) is 0.677. The molecule has 1 aromatic rings. The van der Waals surface area contributed by atoms with Crippen molar-refractivity contribution in [3.8, 4) is 0 Å². The largest absolute Gasteiger partial charge is 0.383 e. The van der Waals surface area contributed by atoms with Crippen molar-refractivity contribution in [1.82, 2.24) is 9.80 Å². The minimum absolute atomic E-state index is 0.173. The Balaban J connectivity index is 1.94. The lowest BCUT2D eigenvalue weighted by Gasteiger charge is -2.44. The van der Waals surface area contributed by atoms with Gasteiger partial charge in [-0.15, -0.1) is 0 Å². The third-order valence-electron chi connectivity index (χ3n) is 4.25. The van der Waals surface area contributed by atoms with Crippen LogP contribution in [0.1, 0.15) is 19.4 Å². The summed E-state index contributed by atoms with van der Waals surface area (Å²) in [6.07, 6.45) is 0.415. The molecule has 122 valence electrons. The van der Waals surface area contributed by atoms with Crippen LogP contribution in [0.2, 0.25) is 5.02 Å². The third kappa shape index (κ3) is 4.45. The third-order valence-corrected chi connectivity index (χ3v) is 4.49. The van der Waals surface area contributed by atoms with Crippen LogP contribution in [0.3, 0.4) is 0 Å². The van der Waals surface area contributed by atoms with Crippen molar-refractivity contribution in [2.24, 2.45) is 0 Å². The van der Waals surface area contributed by atoms with Crippen molar-refractivity contribution in [3.63, 3.8) is 0 Å². The van der Waals surface area contributed by atoms with Gasteiger partial charge in [-0.05, 0) is 31.5 Å². The van der Waals surface area contributed by atoms with E-state index in [4.69, 9.17) is 16.3 Å². The lowest BCUT2D eigenvalue weighted by Crippen LogP contribution is -2.58. The van der Waals surface area contributed by atoms with Crippen LogP contribution in [0.15, 0.2) is 24.3 Å². The second-order valence-electron chi connectivity index (χ2n) is 6.03. The molecule has 22 heavy (non-hydrogen) atoms. The highest BCUT2D eigenvalue weighted by molar-refractivity contribution is 6.30. The smallest absolute Gasteiger partial charge is 0.227 e. The predicted molar refractivity (Wildman–Crippen MR) is 89.2 cm³/mol. The number of methoxy groups -OCH3 is 1. The summed E-state index contributed by atoms with van der Waals surface area (Å²) < 4.78 is 5.17. The lowest BCUT2D eigenvalue weighted by molar-refractivity contribution is -0.135. The molecule has 1 saturated heterocycles. The molecule has 0 radical (unpaired) electrons. The lowest BCUT2D eigenvalue weighted by atomic mass is 10.1. The maximum atomic E-state index is 12.5. The number of hydrogen-bond donors (Lipinski definition) is 0. The van der Waals surface area contributed by atoms with Crippen LogP contribution in [0.4, 0.5) is 0 Å². The fourth-order valence-corrected chi connectivity index (χ4v) is 3.34. The standard InChI is InChI=1S/C17H25ClN2O2/c1-13-11-19(12-14(2)20(13)7-8-22-3)17(21)10-15-5-4-6-16(18)9-15/h4-6,9,13-14H,7-8,10-12H2,1-3H3. The molecule has 1 aromatic carbocycles. The highest BCUT2D eigenvalue weighted by Crippen LogP contribution is 2.17. The molecule has 1 aliphatic heterocycles. The Morgan fingerprint density at radius 1 is 1.32 bits per heavy atom. The van der Waals surface area contributed by atoms with Crippen molar-refractivity contribution in [1.29, 1.82) is 0 Å². The molecule has 1 heterocycles. The minimum Gasteiger partial charge on any atom is -0.383 e. The Bertz CT molecular complexity index is 497. The van der Waals surface area contributed by atoms with Crippen molar-refractivity contribution in [2.75, 3.05) is 33.4 Å². The second kappa shape index (κ2) is 7.95. The number of piperazine rings is 1. The van der Waals surface area contributed by atoms with Gasteiger partial charge in [0.25, 0.3) is 0 Å². The molecule has 1 aliphatic rings. The van der Waals surface area contributed by atoms with Crippen molar-refractivity contribution in [3.05, 3.63) is 34.9 Å². The van der Waals surface area contributed by atoms with Crippen LogP contribution in [-0.2, 0) is 16.0 Å². The molecule has 2 rings (SSSR count). The molecule has 0 spiro atoms. The van der Waals surface area contributed by atoms with Crippen molar-refractivity contribution < 1.29 is 9.53 Å². The molecule has 1 amide bonds. The number of halogens is 1. The first-order chi connectivity index (χ1) is 10.5. The fraction of sp³-hybridized carbons (Fsp3) is 0.588. The average Bonchev–Trinajstić information content (AvgIpc) is 2.46. The monoisotopic (exact) mass is 324 g/mol. The first-order valence-corrected chi connectivity index (χ1v) is 8.16. The maximum Gasteiger partial charge on any atom is 0.227 e. The van der Waals surface area contributed by atoms with E-state index in [0.29, 0.717) is 23.5 Å². The number of carbonyl (C=O) groups is 1. The predicted octanol–water partition coefficient (Wildman–Crippen LogP) is 2.45. The van der Waals surface area contributed by atoms with E-state index in [-0.39, 0.29) is 5.91 Å². The molecule has 4 nitrogen and oxygen atoms in total. The highest BCUT2D eigenvalue weighted by Gasteiger charge is 2.31. The average molecular weight is 325 g/mol. The summed E-state index contributed by atoms with van der Waals surface area (Å²) in [4.78, 5) is 16.9. The van der Waals surface area contributed by atoms with E-state index in [0.717, 1.165) is 31.8 Å². The number of nitrogens with zero attached hydrogens (tertiary/aromatic N) is 2. The van der Waals surface area contributed by atoms with E-state index in [1.807, 2.05) is 29.2 Å². The summed E-state index contributed by atoms with van der Waals surface area (Å²) in [5.41, 5.74) is 0.972. The minimum atomic E-state index is 0.173. The van der Waals surface area contributed by atoms with Gasteiger partial charge in [-0.25, -0.2) is 0 Å². The zero-order valence-corrected chi connectivity index (χ0v) is 14.3. The van der Waals surface area contributed by atoms with E-state index in [1.165, 1.54) is 0 Å². The molecule has 2 unspecified atom stereocenters. The van der Waals surface area contributed by atoms with Gasteiger partial charge in [-0.1, -0.05) is 23.7 Å². The van der Waals surface area contributed by atoms with E-state index in [1.54, 1.807) is 7.11 Å². The van der Waals surface area contributed by atoms with Gasteiger partial charge in [-0.2, -0.15) is 0 Å². The number of ether oxygens (including phenoxy) is 1. The summed E-state index contributed by atoms with van der Waals surface area (Å²) in [6, 6.07) is 8.23. The molecule has 0 aromatic heterocycles. The van der Waals surface area contributed by atoms with E-state index < -0.39 is 0 Å². The Morgan fingerprint density at radius 2 is 2.00 bits per heavy atom. The summed E-state index contributed by atoms with van der Waals surface area (Å²) in [5.74, 6) is 0.173. The molecule has 5 heteroatoms. The summed E-state index contributed by atoms with van der Waals surface area (Å²) >= 11 is 5.98. The highest BCUT2D eigenvalue weighted by atomic mass is 35.5. The van der Waals surface area contributed by atoms with Gasteiger partial charge in [0.15, 0.2) is 0 Å². The van der Waals surface area contributed by atoms with Crippen LogP contribution >= 0.6 is 11.6 Å². The number of benzene rings is 1. The van der Waals surface area contributed by atoms with Crippen LogP contribution in [0.5, 0.6) is 0 Å². The molecule has 0 N–H and O–H groups in total. The van der Waals surface area contributed by atoms with Crippen molar-refractivity contribution in [2.45, 2.75) is 32.4 Å². The van der Waals surface area contributed by atoms with Gasteiger partial charge in [-0.3, -0.25) is 9.69 Å². The number of amides is 1. The Hall–Kier alpha value is -1.10. The SMILES string of the molecule is COCCN1C(C)CN(C(=O)Cc2cccc(Cl)c2)CC1C. The molecular weight excluding hydrogens is 300 g/mol. The summed E-state index contributed by atoms with van der Waals surface area (Å²) in [6.45, 7) is 7.52. The fourth-order valence-electron chi connectivity index (χ4n) is 3.13. The first kappa shape index (κ1) is 17.3. The van der Waals surface area contributed by atoms with Crippen molar-refractivity contribution >= 4 is 17.5 Å². The van der Waals surface area contributed by atoms with Gasteiger partial charge in [0.1, 0.15) is 0 Å². The molecule has 1 fully saturated rings. The normalized spacial score (nSPS) is 22.8. The van der Waals surface area contributed by atoms with Gasteiger partial charge < -0.3 is 9.64 Å². The zero-order valence-electron chi connectivity index (χ0n) is 13.6. The first-order valence-electron chi connectivity index (χ1n) is 7.78. The van der Waals surface area contributed by atoms with Gasteiger partial charge in [0, 0.05) is 43.9 Å². The number of rotatable bonds is 5. The number of hydrogen-bond acceptors (Lipinski definition) is 3. The Morgan fingerprint density at radius 3 is 2.59 bits per heavy atom. The Kier molecular flexibility index (Phi) is 6.24. The zero-order chi connectivity index (χ0) is 16.1.